The first-order valence-electron chi connectivity index (χ1n) is 7.78. The number of phenolic OH excluding ortho intramolecular Hbond substituents is 1. The van der Waals surface area contributed by atoms with E-state index in [4.69, 9.17) is 4.42 Å². The van der Waals surface area contributed by atoms with E-state index in [-0.39, 0.29) is 17.0 Å². The molecule has 0 bridgehead atoms. The number of benzene rings is 2. The molecule has 2 aromatic carbocycles. The number of hydrogen-bond acceptors (Lipinski definition) is 3. The van der Waals surface area contributed by atoms with Gasteiger partial charge < -0.3 is 9.52 Å². The van der Waals surface area contributed by atoms with Crippen molar-refractivity contribution in [2.75, 3.05) is 0 Å². The maximum atomic E-state index is 12.7. The van der Waals surface area contributed by atoms with E-state index >= 15 is 0 Å². The summed E-state index contributed by atoms with van der Waals surface area (Å²) in [5.74, 6) is 0.385. The summed E-state index contributed by atoms with van der Waals surface area (Å²) in [4.78, 5) is 0. The zero-order valence-electron chi connectivity index (χ0n) is 13.6. The van der Waals surface area contributed by atoms with Crippen molar-refractivity contribution >= 4 is 11.0 Å². The monoisotopic (exact) mass is 358 g/mol. The van der Waals surface area contributed by atoms with E-state index in [1.54, 1.807) is 12.1 Å². The van der Waals surface area contributed by atoms with Crippen LogP contribution in [-0.4, -0.2) is 15.3 Å². The number of H-pyrrole nitrogens is 1. The minimum absolute atomic E-state index is 0.00908. The molecule has 4 nitrogen and oxygen atoms in total. The molecule has 0 aliphatic carbocycles. The van der Waals surface area contributed by atoms with E-state index in [1.807, 2.05) is 36.3 Å². The maximum Gasteiger partial charge on any atom is 0.432 e. The van der Waals surface area contributed by atoms with Crippen molar-refractivity contribution in [1.29, 1.82) is 0 Å². The molecule has 0 spiro atoms. The number of nitrogens with zero attached hydrogens (tertiary/aromatic N) is 1. The lowest BCUT2D eigenvalue weighted by Crippen LogP contribution is -2.04. The number of aromatic hydroxyl groups is 1. The molecule has 0 saturated carbocycles. The van der Waals surface area contributed by atoms with Crippen molar-refractivity contribution in [3.63, 3.8) is 0 Å². The van der Waals surface area contributed by atoms with E-state index in [0.29, 0.717) is 16.7 Å². The zero-order chi connectivity index (χ0) is 18.5. The number of rotatable bonds is 2. The van der Waals surface area contributed by atoms with Gasteiger partial charge in [0.2, 0.25) is 0 Å². The third kappa shape index (κ3) is 2.71. The van der Waals surface area contributed by atoms with Crippen molar-refractivity contribution in [2.24, 2.45) is 0 Å². The van der Waals surface area contributed by atoms with Gasteiger partial charge >= 0.3 is 6.18 Å². The highest BCUT2D eigenvalue weighted by atomic mass is 19.4. The second-order valence-electron chi connectivity index (χ2n) is 6.01. The van der Waals surface area contributed by atoms with Crippen molar-refractivity contribution in [3.8, 4) is 28.3 Å². The lowest BCUT2D eigenvalue weighted by Gasteiger charge is -2.02. The number of furan rings is 1. The molecule has 0 radical (unpaired) electrons. The number of aryl methyl sites for hydroxylation is 1. The standard InChI is InChI=1S/C19H13F3N2O2/c1-10-2-4-11(5-3-10)16-8-13-15(26-16)7-6-12(18(13)25)14-9-17(24-23-14)19(20,21)22/h2-9,25H,1H3,(H,23,24). The second kappa shape index (κ2) is 5.66. The van der Waals surface area contributed by atoms with Crippen LogP contribution in [-0.2, 0) is 6.18 Å². The van der Waals surface area contributed by atoms with Gasteiger partial charge in [0.25, 0.3) is 0 Å². The minimum Gasteiger partial charge on any atom is -0.506 e. The quantitative estimate of drug-likeness (QED) is 0.496. The summed E-state index contributed by atoms with van der Waals surface area (Å²) in [6.07, 6.45) is -4.53. The molecule has 4 aromatic rings. The van der Waals surface area contributed by atoms with Crippen LogP contribution in [0.25, 0.3) is 33.6 Å². The van der Waals surface area contributed by atoms with E-state index < -0.39 is 11.9 Å². The minimum atomic E-state index is -4.53. The molecule has 26 heavy (non-hydrogen) atoms. The highest BCUT2D eigenvalue weighted by Gasteiger charge is 2.33. The van der Waals surface area contributed by atoms with E-state index in [0.717, 1.165) is 17.2 Å². The molecule has 0 unspecified atom stereocenters. The first-order chi connectivity index (χ1) is 12.3. The number of nitrogens with one attached hydrogen (secondary N) is 1. The summed E-state index contributed by atoms with van der Waals surface area (Å²) in [5.41, 5.74) is 1.61. The van der Waals surface area contributed by atoms with Gasteiger partial charge in [-0.2, -0.15) is 18.3 Å². The topological polar surface area (TPSA) is 62.0 Å². The summed E-state index contributed by atoms with van der Waals surface area (Å²) < 4.78 is 44.0. The third-order valence-electron chi connectivity index (χ3n) is 4.17. The molecule has 4 rings (SSSR count). The molecule has 0 aliphatic rings. The van der Waals surface area contributed by atoms with E-state index in [9.17, 15) is 18.3 Å². The number of hydrogen-bond donors (Lipinski definition) is 2. The Kier molecular flexibility index (Phi) is 3.54. The van der Waals surface area contributed by atoms with Crippen LogP contribution in [0.1, 0.15) is 11.3 Å². The molecule has 0 saturated heterocycles. The highest BCUT2D eigenvalue weighted by molar-refractivity contribution is 5.94. The van der Waals surface area contributed by atoms with Gasteiger partial charge in [-0.25, -0.2) is 0 Å². The molecule has 2 N–H and O–H groups in total. The number of halogens is 3. The normalized spacial score (nSPS) is 12.0. The summed E-state index contributed by atoms with van der Waals surface area (Å²) in [5, 5.41) is 16.5. The predicted molar refractivity (Wildman–Crippen MR) is 90.6 cm³/mol. The number of fused-ring (bicyclic) bond motifs is 1. The van der Waals surface area contributed by atoms with Crippen LogP contribution in [0.4, 0.5) is 13.2 Å². The van der Waals surface area contributed by atoms with Crippen molar-refractivity contribution in [2.45, 2.75) is 13.1 Å². The summed E-state index contributed by atoms with van der Waals surface area (Å²) in [6, 6.07) is 13.3. The van der Waals surface area contributed by atoms with Gasteiger partial charge in [0.05, 0.1) is 11.1 Å². The first kappa shape index (κ1) is 16.3. The predicted octanol–water partition coefficient (Wildman–Crippen LogP) is 5.52. The van der Waals surface area contributed by atoms with Crippen molar-refractivity contribution < 1.29 is 22.7 Å². The van der Waals surface area contributed by atoms with Gasteiger partial charge in [-0.05, 0) is 31.2 Å². The smallest absolute Gasteiger partial charge is 0.432 e. The molecular weight excluding hydrogens is 345 g/mol. The van der Waals surface area contributed by atoms with Crippen molar-refractivity contribution in [3.05, 3.63) is 59.8 Å². The van der Waals surface area contributed by atoms with Gasteiger partial charge in [0, 0.05) is 11.1 Å². The fraction of sp³-hybridized carbons (Fsp3) is 0.105. The molecule has 0 aliphatic heterocycles. The van der Waals surface area contributed by atoms with Gasteiger partial charge in [0.1, 0.15) is 22.8 Å². The number of aromatic amines is 1. The molecule has 2 aromatic heterocycles. The molecule has 7 heteroatoms. The molecule has 2 heterocycles. The van der Waals surface area contributed by atoms with Crippen LogP contribution in [0.5, 0.6) is 5.75 Å². The van der Waals surface area contributed by atoms with Gasteiger partial charge in [-0.1, -0.05) is 29.8 Å². The molecule has 0 amide bonds. The Balaban J connectivity index is 1.80. The molecule has 0 fully saturated rings. The lowest BCUT2D eigenvalue weighted by atomic mass is 10.1. The van der Waals surface area contributed by atoms with Crippen LogP contribution < -0.4 is 0 Å². The average Bonchev–Trinajstić information content (AvgIpc) is 3.22. The second-order valence-corrected chi connectivity index (χ2v) is 6.01. The maximum absolute atomic E-state index is 12.7. The molecular formula is C19H13F3N2O2. The Morgan fingerprint density at radius 1 is 1.04 bits per heavy atom. The fourth-order valence-electron chi connectivity index (χ4n) is 2.77. The largest absolute Gasteiger partial charge is 0.506 e. The summed E-state index contributed by atoms with van der Waals surface area (Å²) in [6.45, 7) is 1.97. The van der Waals surface area contributed by atoms with Crippen LogP contribution >= 0.6 is 0 Å². The zero-order valence-corrected chi connectivity index (χ0v) is 13.6. The summed E-state index contributed by atoms with van der Waals surface area (Å²) >= 11 is 0. The molecule has 132 valence electrons. The number of phenols is 1. The fourth-order valence-corrected chi connectivity index (χ4v) is 2.77. The van der Waals surface area contributed by atoms with E-state index in [1.165, 1.54) is 6.07 Å². The van der Waals surface area contributed by atoms with Crippen LogP contribution in [0, 0.1) is 6.92 Å². The summed E-state index contributed by atoms with van der Waals surface area (Å²) in [7, 11) is 0. The van der Waals surface area contributed by atoms with Crippen LogP contribution in [0.2, 0.25) is 0 Å². The molecule has 0 atom stereocenters. The van der Waals surface area contributed by atoms with Crippen molar-refractivity contribution in [1.82, 2.24) is 10.2 Å². The van der Waals surface area contributed by atoms with Gasteiger partial charge in [-0.3, -0.25) is 5.10 Å². The van der Waals surface area contributed by atoms with Gasteiger partial charge in [0.15, 0.2) is 0 Å². The van der Waals surface area contributed by atoms with E-state index in [2.05, 4.69) is 5.10 Å². The van der Waals surface area contributed by atoms with Crippen LogP contribution in [0.3, 0.4) is 0 Å². The van der Waals surface area contributed by atoms with Crippen LogP contribution in [0.15, 0.2) is 52.9 Å². The SMILES string of the molecule is Cc1ccc(-c2cc3c(O)c(-c4cc(C(F)(F)F)[nH]n4)ccc3o2)cc1. The lowest BCUT2D eigenvalue weighted by molar-refractivity contribution is -0.141. The highest BCUT2D eigenvalue weighted by Crippen LogP contribution is 2.40. The Labute approximate surface area is 145 Å². The Hall–Kier alpha value is -3.22. The van der Waals surface area contributed by atoms with Gasteiger partial charge in [-0.15, -0.1) is 0 Å². The third-order valence-corrected chi connectivity index (χ3v) is 4.17. The number of aromatic nitrogens is 2. The number of alkyl halides is 3. The Morgan fingerprint density at radius 2 is 1.77 bits per heavy atom. The Bertz CT molecular complexity index is 1090. The first-order valence-corrected chi connectivity index (χ1v) is 7.78. The Morgan fingerprint density at radius 3 is 2.42 bits per heavy atom. The average molecular weight is 358 g/mol.